The number of hydrogen-bond donors (Lipinski definition) is 0. The van der Waals surface area contributed by atoms with Crippen molar-refractivity contribution in [3.8, 4) is 6.07 Å². The number of nitriles is 1. The SMILES string of the molecule is N#Cc1ccc2oc3ccccc3c(=O)c2c1. The fraction of sp³-hybridized carbons (Fsp3) is 0. The van der Waals surface area contributed by atoms with Crippen LogP contribution in [0.4, 0.5) is 0 Å². The fourth-order valence-electron chi connectivity index (χ4n) is 1.87. The number of rotatable bonds is 0. The molecule has 0 bridgehead atoms. The van der Waals surface area contributed by atoms with E-state index >= 15 is 0 Å². The molecule has 0 N–H and O–H groups in total. The first-order chi connectivity index (χ1) is 8.29. The van der Waals surface area contributed by atoms with Crippen LogP contribution in [-0.4, -0.2) is 0 Å². The van der Waals surface area contributed by atoms with Gasteiger partial charge in [0.25, 0.3) is 0 Å². The lowest BCUT2D eigenvalue weighted by Crippen LogP contribution is -2.01. The predicted octanol–water partition coefficient (Wildman–Crippen LogP) is 2.82. The summed E-state index contributed by atoms with van der Waals surface area (Å²) in [5.74, 6) is 0. The van der Waals surface area contributed by atoms with Crippen LogP contribution in [0.1, 0.15) is 5.56 Å². The van der Waals surface area contributed by atoms with Crippen molar-refractivity contribution in [3.63, 3.8) is 0 Å². The molecule has 3 aromatic rings. The van der Waals surface area contributed by atoms with Gasteiger partial charge in [-0.3, -0.25) is 4.79 Å². The molecule has 3 heteroatoms. The minimum Gasteiger partial charge on any atom is -0.456 e. The fourth-order valence-corrected chi connectivity index (χ4v) is 1.87. The molecule has 0 aliphatic heterocycles. The minimum atomic E-state index is -0.0982. The second-order valence-corrected chi connectivity index (χ2v) is 3.75. The molecule has 0 spiro atoms. The number of benzene rings is 2. The van der Waals surface area contributed by atoms with Crippen LogP contribution in [-0.2, 0) is 0 Å². The zero-order valence-electron chi connectivity index (χ0n) is 8.81. The van der Waals surface area contributed by atoms with E-state index in [4.69, 9.17) is 9.68 Å². The number of hydrogen-bond acceptors (Lipinski definition) is 3. The van der Waals surface area contributed by atoms with Crippen LogP contribution in [0.15, 0.2) is 51.7 Å². The summed E-state index contributed by atoms with van der Waals surface area (Å²) in [6, 6.07) is 14.0. The van der Waals surface area contributed by atoms with E-state index in [0.717, 1.165) is 0 Å². The molecular weight excluding hydrogens is 214 g/mol. The highest BCUT2D eigenvalue weighted by atomic mass is 16.3. The van der Waals surface area contributed by atoms with E-state index in [9.17, 15) is 4.79 Å². The van der Waals surface area contributed by atoms with E-state index in [-0.39, 0.29) is 5.43 Å². The van der Waals surface area contributed by atoms with Crippen LogP contribution >= 0.6 is 0 Å². The molecule has 0 atom stereocenters. The van der Waals surface area contributed by atoms with E-state index < -0.39 is 0 Å². The van der Waals surface area contributed by atoms with Crippen LogP contribution in [0.25, 0.3) is 21.9 Å². The Kier molecular flexibility index (Phi) is 1.96. The van der Waals surface area contributed by atoms with Crippen molar-refractivity contribution in [1.82, 2.24) is 0 Å². The van der Waals surface area contributed by atoms with Gasteiger partial charge in [0, 0.05) is 0 Å². The van der Waals surface area contributed by atoms with Gasteiger partial charge in [0.2, 0.25) is 5.43 Å². The lowest BCUT2D eigenvalue weighted by atomic mass is 10.1. The van der Waals surface area contributed by atoms with Gasteiger partial charge in [-0.15, -0.1) is 0 Å². The van der Waals surface area contributed by atoms with Crippen molar-refractivity contribution >= 4 is 21.9 Å². The lowest BCUT2D eigenvalue weighted by Gasteiger charge is -2.00. The normalized spacial score (nSPS) is 10.5. The molecule has 2 aromatic carbocycles. The summed E-state index contributed by atoms with van der Waals surface area (Å²) < 4.78 is 5.62. The van der Waals surface area contributed by atoms with Gasteiger partial charge >= 0.3 is 0 Å². The molecule has 0 saturated heterocycles. The van der Waals surface area contributed by atoms with Crippen LogP contribution in [0.3, 0.4) is 0 Å². The molecule has 3 rings (SSSR count). The zero-order chi connectivity index (χ0) is 11.8. The minimum absolute atomic E-state index is 0.0982. The molecule has 1 heterocycles. The van der Waals surface area contributed by atoms with Gasteiger partial charge in [-0.2, -0.15) is 5.26 Å². The Hall–Kier alpha value is -2.60. The molecule has 17 heavy (non-hydrogen) atoms. The molecule has 0 aliphatic rings. The third kappa shape index (κ3) is 1.39. The third-order valence-electron chi connectivity index (χ3n) is 2.70. The largest absolute Gasteiger partial charge is 0.456 e. The standard InChI is InChI=1S/C14H7NO2/c15-8-9-5-6-13-11(7-9)14(16)10-3-1-2-4-12(10)17-13/h1-7H. The van der Waals surface area contributed by atoms with Crippen LogP contribution in [0, 0.1) is 11.3 Å². The Morgan fingerprint density at radius 2 is 1.76 bits per heavy atom. The van der Waals surface area contributed by atoms with Crippen molar-refractivity contribution in [2.75, 3.05) is 0 Å². The predicted molar refractivity (Wildman–Crippen MR) is 64.7 cm³/mol. The van der Waals surface area contributed by atoms with E-state index in [1.54, 1.807) is 36.4 Å². The van der Waals surface area contributed by atoms with Crippen molar-refractivity contribution in [1.29, 1.82) is 5.26 Å². The monoisotopic (exact) mass is 221 g/mol. The first kappa shape index (κ1) is 9.61. The Bertz CT molecular complexity index is 825. The van der Waals surface area contributed by atoms with E-state index in [0.29, 0.717) is 27.5 Å². The maximum atomic E-state index is 12.2. The van der Waals surface area contributed by atoms with Crippen molar-refractivity contribution < 1.29 is 4.42 Å². The summed E-state index contributed by atoms with van der Waals surface area (Å²) >= 11 is 0. The Morgan fingerprint density at radius 1 is 1.00 bits per heavy atom. The van der Waals surface area contributed by atoms with E-state index in [1.165, 1.54) is 0 Å². The number of fused-ring (bicyclic) bond motifs is 2. The second kappa shape index (κ2) is 3.46. The average molecular weight is 221 g/mol. The van der Waals surface area contributed by atoms with Crippen molar-refractivity contribution in [2.45, 2.75) is 0 Å². The molecule has 0 amide bonds. The quantitative estimate of drug-likeness (QED) is 0.548. The molecular formula is C14H7NO2. The van der Waals surface area contributed by atoms with Gasteiger partial charge in [-0.1, -0.05) is 12.1 Å². The molecule has 80 valence electrons. The topological polar surface area (TPSA) is 54.0 Å². The van der Waals surface area contributed by atoms with Gasteiger partial charge in [-0.25, -0.2) is 0 Å². The summed E-state index contributed by atoms with van der Waals surface area (Å²) in [4.78, 5) is 12.2. The Morgan fingerprint density at radius 3 is 2.59 bits per heavy atom. The molecule has 1 aromatic heterocycles. The lowest BCUT2D eigenvalue weighted by molar-refractivity contribution is 0.660. The van der Waals surface area contributed by atoms with Crippen molar-refractivity contribution in [3.05, 3.63) is 58.3 Å². The first-order valence-corrected chi connectivity index (χ1v) is 5.15. The van der Waals surface area contributed by atoms with Crippen LogP contribution in [0.2, 0.25) is 0 Å². The maximum Gasteiger partial charge on any atom is 0.200 e. The summed E-state index contributed by atoms with van der Waals surface area (Å²) in [5, 5.41) is 9.80. The smallest absolute Gasteiger partial charge is 0.200 e. The molecule has 0 aliphatic carbocycles. The summed E-state index contributed by atoms with van der Waals surface area (Å²) in [7, 11) is 0. The highest BCUT2D eigenvalue weighted by molar-refractivity contribution is 5.90. The average Bonchev–Trinajstić information content (AvgIpc) is 2.39. The van der Waals surface area contributed by atoms with Gasteiger partial charge in [0.05, 0.1) is 22.4 Å². The summed E-state index contributed by atoms with van der Waals surface area (Å²) in [6.45, 7) is 0. The summed E-state index contributed by atoms with van der Waals surface area (Å²) in [6.07, 6.45) is 0. The van der Waals surface area contributed by atoms with E-state index in [2.05, 4.69) is 0 Å². The first-order valence-electron chi connectivity index (χ1n) is 5.15. The highest BCUT2D eigenvalue weighted by Crippen LogP contribution is 2.18. The molecule has 3 nitrogen and oxygen atoms in total. The Labute approximate surface area is 96.5 Å². The van der Waals surface area contributed by atoms with Gasteiger partial charge < -0.3 is 4.42 Å². The second-order valence-electron chi connectivity index (χ2n) is 3.75. The van der Waals surface area contributed by atoms with E-state index in [1.807, 2.05) is 12.1 Å². The zero-order valence-corrected chi connectivity index (χ0v) is 8.81. The van der Waals surface area contributed by atoms with Crippen LogP contribution in [0.5, 0.6) is 0 Å². The van der Waals surface area contributed by atoms with Gasteiger partial charge in [0.1, 0.15) is 11.2 Å². The third-order valence-corrected chi connectivity index (χ3v) is 2.70. The summed E-state index contributed by atoms with van der Waals surface area (Å²) in [5.41, 5.74) is 1.43. The molecule has 0 saturated carbocycles. The molecule has 0 radical (unpaired) electrons. The van der Waals surface area contributed by atoms with Gasteiger partial charge in [0.15, 0.2) is 0 Å². The number of para-hydroxylation sites is 1. The molecule has 0 fully saturated rings. The maximum absolute atomic E-state index is 12.2. The Balaban J connectivity index is 2.57. The van der Waals surface area contributed by atoms with Gasteiger partial charge in [-0.05, 0) is 30.3 Å². The number of nitrogens with zero attached hydrogens (tertiary/aromatic N) is 1. The van der Waals surface area contributed by atoms with Crippen LogP contribution < -0.4 is 5.43 Å². The molecule has 0 unspecified atom stereocenters. The van der Waals surface area contributed by atoms with Crippen molar-refractivity contribution in [2.24, 2.45) is 0 Å². The highest BCUT2D eigenvalue weighted by Gasteiger charge is 2.07.